The normalized spacial score (nSPS) is 10.2. The van der Waals surface area contributed by atoms with Gasteiger partial charge in [-0.05, 0) is 35.9 Å². The Hall–Kier alpha value is -2.00. The van der Waals surface area contributed by atoms with Gasteiger partial charge in [0, 0.05) is 24.2 Å². The molecule has 0 aliphatic carbocycles. The molecule has 0 amide bonds. The molecule has 0 unspecified atom stereocenters. The van der Waals surface area contributed by atoms with Gasteiger partial charge >= 0.3 is 0 Å². The minimum absolute atomic E-state index is 0.618. The van der Waals surface area contributed by atoms with Crippen molar-refractivity contribution in [1.82, 2.24) is 0 Å². The summed E-state index contributed by atoms with van der Waals surface area (Å²) in [4.78, 5) is 0. The number of nitrogen functional groups attached to an aromatic ring is 1. The number of hydrogen-bond acceptors (Lipinski definition) is 3. The number of anilines is 3. The number of nitrogens with two attached hydrogens (primary N) is 1. The molecule has 0 aliphatic rings. The Bertz CT molecular complexity index is 497. The van der Waals surface area contributed by atoms with Gasteiger partial charge in [-0.2, -0.15) is 0 Å². The van der Waals surface area contributed by atoms with E-state index in [0.29, 0.717) is 6.61 Å². The van der Waals surface area contributed by atoms with Crippen molar-refractivity contribution in [2.24, 2.45) is 0 Å². The summed E-state index contributed by atoms with van der Waals surface area (Å²) in [5.41, 5.74) is 9.64. The second-order valence-corrected chi connectivity index (χ2v) is 3.88. The molecule has 0 aliphatic heterocycles. The summed E-state index contributed by atoms with van der Waals surface area (Å²) in [5, 5.41) is 3.31. The van der Waals surface area contributed by atoms with Gasteiger partial charge in [-0.15, -0.1) is 0 Å². The van der Waals surface area contributed by atoms with Crippen LogP contribution in [0.1, 0.15) is 5.56 Å². The molecule has 0 heterocycles. The summed E-state index contributed by atoms with van der Waals surface area (Å²) < 4.78 is 5.10. The van der Waals surface area contributed by atoms with E-state index in [2.05, 4.69) is 11.4 Å². The van der Waals surface area contributed by atoms with Gasteiger partial charge in [0.15, 0.2) is 0 Å². The molecule has 0 spiro atoms. The molecule has 17 heavy (non-hydrogen) atoms. The lowest BCUT2D eigenvalue weighted by Crippen LogP contribution is -1.94. The first-order valence-electron chi connectivity index (χ1n) is 5.48. The molecule has 0 atom stereocenters. The van der Waals surface area contributed by atoms with Crippen LogP contribution in [-0.4, -0.2) is 7.11 Å². The summed E-state index contributed by atoms with van der Waals surface area (Å²) in [6.45, 7) is 0.618. The van der Waals surface area contributed by atoms with E-state index in [0.717, 1.165) is 22.6 Å². The van der Waals surface area contributed by atoms with E-state index in [-0.39, 0.29) is 0 Å². The Balaban J connectivity index is 2.15. The molecule has 2 aromatic carbocycles. The smallest absolute Gasteiger partial charge is 0.0713 e. The maximum atomic E-state index is 5.73. The van der Waals surface area contributed by atoms with Gasteiger partial charge in [-0.25, -0.2) is 0 Å². The first kappa shape index (κ1) is 11.5. The van der Waals surface area contributed by atoms with Crippen LogP contribution in [0.3, 0.4) is 0 Å². The minimum Gasteiger partial charge on any atom is -0.399 e. The van der Waals surface area contributed by atoms with E-state index in [1.807, 2.05) is 42.5 Å². The summed E-state index contributed by atoms with van der Waals surface area (Å²) in [6, 6.07) is 15.8. The zero-order valence-corrected chi connectivity index (χ0v) is 9.81. The van der Waals surface area contributed by atoms with E-state index in [1.54, 1.807) is 7.11 Å². The van der Waals surface area contributed by atoms with Crippen molar-refractivity contribution in [2.75, 3.05) is 18.2 Å². The number of ether oxygens (including phenoxy) is 1. The monoisotopic (exact) mass is 228 g/mol. The summed E-state index contributed by atoms with van der Waals surface area (Å²) in [7, 11) is 1.69. The maximum absolute atomic E-state index is 5.73. The van der Waals surface area contributed by atoms with Crippen LogP contribution in [0.5, 0.6) is 0 Å². The number of methoxy groups -OCH3 is 1. The van der Waals surface area contributed by atoms with Gasteiger partial charge in [0.2, 0.25) is 0 Å². The molecule has 0 saturated heterocycles. The van der Waals surface area contributed by atoms with Gasteiger partial charge < -0.3 is 15.8 Å². The first-order valence-corrected chi connectivity index (χ1v) is 5.48. The fourth-order valence-electron chi connectivity index (χ4n) is 1.69. The molecule has 0 fully saturated rings. The van der Waals surface area contributed by atoms with E-state index in [1.165, 1.54) is 0 Å². The zero-order chi connectivity index (χ0) is 12.1. The van der Waals surface area contributed by atoms with Gasteiger partial charge in [0.25, 0.3) is 0 Å². The molecule has 88 valence electrons. The molecular formula is C14H16N2O. The molecule has 0 saturated carbocycles. The number of nitrogens with one attached hydrogen (secondary N) is 1. The first-order chi connectivity index (χ1) is 8.28. The van der Waals surface area contributed by atoms with E-state index >= 15 is 0 Å². The standard InChI is InChI=1S/C14H16N2O/c1-17-10-11-4-2-6-13(8-11)16-14-7-3-5-12(15)9-14/h2-9,16H,10,15H2,1H3. The second kappa shape index (κ2) is 5.37. The van der Waals surface area contributed by atoms with Crippen LogP contribution in [0.15, 0.2) is 48.5 Å². The molecule has 2 rings (SSSR count). The van der Waals surface area contributed by atoms with Gasteiger partial charge in [0.1, 0.15) is 0 Å². The molecule has 3 N–H and O–H groups in total. The van der Waals surface area contributed by atoms with E-state index in [9.17, 15) is 0 Å². The topological polar surface area (TPSA) is 47.3 Å². The molecular weight excluding hydrogens is 212 g/mol. The van der Waals surface area contributed by atoms with Crippen LogP contribution >= 0.6 is 0 Å². The van der Waals surface area contributed by atoms with Crippen molar-refractivity contribution in [3.05, 3.63) is 54.1 Å². The summed E-state index contributed by atoms with van der Waals surface area (Å²) in [5.74, 6) is 0. The number of benzene rings is 2. The maximum Gasteiger partial charge on any atom is 0.0713 e. The van der Waals surface area contributed by atoms with Crippen LogP contribution in [0.4, 0.5) is 17.1 Å². The lowest BCUT2D eigenvalue weighted by molar-refractivity contribution is 0.185. The number of hydrogen-bond donors (Lipinski definition) is 2. The highest BCUT2D eigenvalue weighted by molar-refractivity contribution is 5.63. The predicted octanol–water partition coefficient (Wildman–Crippen LogP) is 3.16. The Labute approximate surface area is 101 Å². The Morgan fingerprint density at radius 1 is 1.06 bits per heavy atom. The molecule has 3 heteroatoms. The third-order valence-corrected chi connectivity index (χ3v) is 2.41. The van der Waals surface area contributed by atoms with Crippen LogP contribution in [0.25, 0.3) is 0 Å². The second-order valence-electron chi connectivity index (χ2n) is 3.88. The van der Waals surface area contributed by atoms with Gasteiger partial charge in [0.05, 0.1) is 6.61 Å². The Kier molecular flexibility index (Phi) is 3.62. The van der Waals surface area contributed by atoms with Gasteiger partial charge in [-0.1, -0.05) is 18.2 Å². The molecule has 0 bridgehead atoms. The van der Waals surface area contributed by atoms with Crippen LogP contribution in [0.2, 0.25) is 0 Å². The van der Waals surface area contributed by atoms with Crippen molar-refractivity contribution >= 4 is 17.1 Å². The van der Waals surface area contributed by atoms with E-state index < -0.39 is 0 Å². The zero-order valence-electron chi connectivity index (χ0n) is 9.81. The Morgan fingerprint density at radius 3 is 2.47 bits per heavy atom. The number of rotatable bonds is 4. The quantitative estimate of drug-likeness (QED) is 0.790. The van der Waals surface area contributed by atoms with Crippen LogP contribution in [-0.2, 0) is 11.3 Å². The molecule has 0 aromatic heterocycles. The van der Waals surface area contributed by atoms with Crippen molar-refractivity contribution in [2.45, 2.75) is 6.61 Å². The van der Waals surface area contributed by atoms with Crippen molar-refractivity contribution in [3.8, 4) is 0 Å². The highest BCUT2D eigenvalue weighted by Gasteiger charge is 1.97. The molecule has 3 nitrogen and oxygen atoms in total. The van der Waals surface area contributed by atoms with Gasteiger partial charge in [-0.3, -0.25) is 0 Å². The fraction of sp³-hybridized carbons (Fsp3) is 0.143. The van der Waals surface area contributed by atoms with Crippen molar-refractivity contribution in [1.29, 1.82) is 0 Å². The Morgan fingerprint density at radius 2 is 1.76 bits per heavy atom. The van der Waals surface area contributed by atoms with Crippen molar-refractivity contribution < 1.29 is 4.74 Å². The average Bonchev–Trinajstić information content (AvgIpc) is 2.30. The molecule has 0 radical (unpaired) electrons. The lowest BCUT2D eigenvalue weighted by atomic mass is 10.2. The fourth-order valence-corrected chi connectivity index (χ4v) is 1.69. The highest BCUT2D eigenvalue weighted by Crippen LogP contribution is 2.19. The molecule has 2 aromatic rings. The third kappa shape index (κ3) is 3.23. The predicted molar refractivity (Wildman–Crippen MR) is 71.3 cm³/mol. The third-order valence-electron chi connectivity index (χ3n) is 2.41. The largest absolute Gasteiger partial charge is 0.399 e. The van der Waals surface area contributed by atoms with Crippen LogP contribution < -0.4 is 11.1 Å². The summed E-state index contributed by atoms with van der Waals surface area (Å²) in [6.07, 6.45) is 0. The van der Waals surface area contributed by atoms with E-state index in [4.69, 9.17) is 10.5 Å². The average molecular weight is 228 g/mol. The SMILES string of the molecule is COCc1cccc(Nc2cccc(N)c2)c1. The van der Waals surface area contributed by atoms with Crippen molar-refractivity contribution in [3.63, 3.8) is 0 Å². The highest BCUT2D eigenvalue weighted by atomic mass is 16.5. The van der Waals surface area contributed by atoms with Crippen LogP contribution in [0, 0.1) is 0 Å². The summed E-state index contributed by atoms with van der Waals surface area (Å²) >= 11 is 0. The minimum atomic E-state index is 0.618. The lowest BCUT2D eigenvalue weighted by Gasteiger charge is -2.08.